The molecule has 4 rings (SSSR count). The van der Waals surface area contributed by atoms with Crippen molar-refractivity contribution in [3.05, 3.63) is 96.6 Å². The molecule has 4 aromatic rings. The van der Waals surface area contributed by atoms with Crippen molar-refractivity contribution in [2.45, 2.75) is 0 Å². The van der Waals surface area contributed by atoms with Gasteiger partial charge in [-0.2, -0.15) is 5.10 Å². The quantitative estimate of drug-likeness (QED) is 0.365. The highest BCUT2D eigenvalue weighted by Gasteiger charge is 2.06. The fourth-order valence-corrected chi connectivity index (χ4v) is 3.14. The average molecular weight is 396 g/mol. The number of carbonyl (C=O) groups excluding carboxylic acids is 1. The zero-order valence-corrected chi connectivity index (χ0v) is 16.2. The third-order valence-corrected chi connectivity index (χ3v) is 4.66. The number of amides is 1. The van der Waals surface area contributed by atoms with Gasteiger partial charge in [-0.25, -0.2) is 5.43 Å². The van der Waals surface area contributed by atoms with Gasteiger partial charge in [0.05, 0.1) is 6.21 Å². The van der Waals surface area contributed by atoms with Crippen LogP contribution >= 0.6 is 0 Å². The van der Waals surface area contributed by atoms with Crippen LogP contribution in [0.5, 0.6) is 11.5 Å². The van der Waals surface area contributed by atoms with Crippen LogP contribution in [0.2, 0.25) is 0 Å². The Morgan fingerprint density at radius 3 is 2.37 bits per heavy atom. The van der Waals surface area contributed by atoms with E-state index in [1.807, 2.05) is 84.9 Å². The fraction of sp³-hybridized carbons (Fsp3) is 0.0400. The molecule has 0 atom stereocenters. The molecule has 0 aliphatic rings. The van der Waals surface area contributed by atoms with Gasteiger partial charge in [0, 0.05) is 5.56 Å². The Hall–Kier alpha value is -4.12. The first-order valence-corrected chi connectivity index (χ1v) is 9.51. The highest BCUT2D eigenvalue weighted by Crippen LogP contribution is 2.25. The van der Waals surface area contributed by atoms with Gasteiger partial charge in [-0.15, -0.1) is 0 Å². The highest BCUT2D eigenvalue weighted by molar-refractivity contribution is 6.02. The van der Waals surface area contributed by atoms with Gasteiger partial charge in [-0.1, -0.05) is 72.8 Å². The van der Waals surface area contributed by atoms with E-state index in [2.05, 4.69) is 10.5 Å². The van der Waals surface area contributed by atoms with Crippen molar-refractivity contribution in [2.75, 3.05) is 6.61 Å². The zero-order valence-electron chi connectivity index (χ0n) is 16.2. The number of benzene rings is 4. The van der Waals surface area contributed by atoms with Crippen LogP contribution in [0.25, 0.3) is 21.9 Å². The normalized spacial score (nSPS) is 10.9. The van der Waals surface area contributed by atoms with Gasteiger partial charge in [0.15, 0.2) is 6.61 Å². The van der Waals surface area contributed by atoms with Crippen LogP contribution in [0.1, 0.15) is 5.56 Å². The Bertz CT molecular complexity index is 1190. The number of nitrogens with zero attached hydrogens (tertiary/aromatic N) is 1. The largest absolute Gasteiger partial charge is 0.507 e. The molecule has 0 aliphatic heterocycles. The minimum Gasteiger partial charge on any atom is -0.507 e. The van der Waals surface area contributed by atoms with E-state index >= 15 is 0 Å². The minimum absolute atomic E-state index is 0.0986. The van der Waals surface area contributed by atoms with Crippen LogP contribution in [0.15, 0.2) is 96.1 Å². The molecule has 0 spiro atoms. The van der Waals surface area contributed by atoms with Crippen LogP contribution < -0.4 is 10.2 Å². The van der Waals surface area contributed by atoms with Crippen molar-refractivity contribution in [1.29, 1.82) is 0 Å². The Labute approximate surface area is 174 Å². The number of fused-ring (bicyclic) bond motifs is 1. The first-order chi connectivity index (χ1) is 14.7. The minimum atomic E-state index is -0.391. The summed E-state index contributed by atoms with van der Waals surface area (Å²) in [5.41, 5.74) is 5.17. The molecule has 2 N–H and O–H groups in total. The number of carbonyl (C=O) groups is 1. The summed E-state index contributed by atoms with van der Waals surface area (Å²) < 4.78 is 5.52. The molecule has 148 valence electrons. The Balaban J connectivity index is 1.34. The van der Waals surface area contributed by atoms with E-state index in [1.54, 1.807) is 6.07 Å². The molecule has 30 heavy (non-hydrogen) atoms. The molecule has 0 aromatic heterocycles. The van der Waals surface area contributed by atoms with E-state index < -0.39 is 5.91 Å². The predicted molar refractivity (Wildman–Crippen MR) is 119 cm³/mol. The first kappa shape index (κ1) is 19.2. The number of aromatic hydroxyl groups is 1. The van der Waals surface area contributed by atoms with Gasteiger partial charge in [-0.05, 0) is 40.1 Å². The number of phenols is 1. The molecule has 1 amide bonds. The van der Waals surface area contributed by atoms with Crippen LogP contribution in [0.4, 0.5) is 0 Å². The second-order valence-electron chi connectivity index (χ2n) is 6.69. The number of nitrogens with one attached hydrogen (secondary N) is 1. The van der Waals surface area contributed by atoms with Crippen molar-refractivity contribution in [2.24, 2.45) is 5.10 Å². The summed E-state index contributed by atoms with van der Waals surface area (Å²) in [5.74, 6) is 0.306. The van der Waals surface area contributed by atoms with E-state index in [-0.39, 0.29) is 12.4 Å². The molecule has 4 aromatic carbocycles. The van der Waals surface area contributed by atoms with Gasteiger partial charge in [0.25, 0.3) is 5.91 Å². The third-order valence-electron chi connectivity index (χ3n) is 4.66. The predicted octanol–water partition coefficient (Wildman–Crippen LogP) is 4.74. The maximum Gasteiger partial charge on any atom is 0.277 e. The lowest BCUT2D eigenvalue weighted by Crippen LogP contribution is -2.24. The van der Waals surface area contributed by atoms with Crippen LogP contribution in [0.3, 0.4) is 0 Å². The zero-order chi connectivity index (χ0) is 20.8. The molecule has 0 unspecified atom stereocenters. The summed E-state index contributed by atoms with van der Waals surface area (Å²) in [6, 6.07) is 28.7. The van der Waals surface area contributed by atoms with Gasteiger partial charge >= 0.3 is 0 Å². The van der Waals surface area contributed by atoms with E-state index in [0.717, 1.165) is 21.9 Å². The lowest BCUT2D eigenvalue weighted by molar-refractivity contribution is -0.123. The molecule has 0 heterocycles. The van der Waals surface area contributed by atoms with Crippen molar-refractivity contribution >= 4 is 22.9 Å². The summed E-state index contributed by atoms with van der Waals surface area (Å²) in [6.07, 6.45) is 1.43. The molecular weight excluding hydrogens is 376 g/mol. The van der Waals surface area contributed by atoms with E-state index in [9.17, 15) is 9.90 Å². The molecule has 0 radical (unpaired) electrons. The van der Waals surface area contributed by atoms with Crippen molar-refractivity contribution in [1.82, 2.24) is 5.43 Å². The van der Waals surface area contributed by atoms with Crippen molar-refractivity contribution in [3.63, 3.8) is 0 Å². The number of hydrazone groups is 1. The first-order valence-electron chi connectivity index (χ1n) is 9.51. The average Bonchev–Trinajstić information content (AvgIpc) is 2.80. The molecule has 0 bridgehead atoms. The molecular formula is C25H20N2O3. The summed E-state index contributed by atoms with van der Waals surface area (Å²) in [6.45, 7) is -0.163. The molecule has 0 saturated heterocycles. The third kappa shape index (κ3) is 4.47. The summed E-state index contributed by atoms with van der Waals surface area (Å²) in [4.78, 5) is 12.0. The molecule has 0 saturated carbocycles. The number of rotatable bonds is 6. The SMILES string of the molecule is O=C(COc1ccc(-c2ccccc2)cc1)N/N=C\c1c(O)ccc2ccccc12. The number of phenolic OH excluding ortho intramolecular Hbond substituents is 1. The number of hydrogen-bond donors (Lipinski definition) is 2. The lowest BCUT2D eigenvalue weighted by Gasteiger charge is -2.07. The van der Waals surface area contributed by atoms with Crippen molar-refractivity contribution < 1.29 is 14.6 Å². The molecule has 0 aliphatic carbocycles. The Kier molecular flexibility index (Phi) is 5.71. The van der Waals surface area contributed by atoms with E-state index in [0.29, 0.717) is 11.3 Å². The second-order valence-corrected chi connectivity index (χ2v) is 6.69. The van der Waals surface area contributed by atoms with Crippen LogP contribution in [-0.2, 0) is 4.79 Å². The summed E-state index contributed by atoms with van der Waals surface area (Å²) in [7, 11) is 0. The van der Waals surface area contributed by atoms with Crippen LogP contribution in [0, 0.1) is 0 Å². The van der Waals surface area contributed by atoms with Gasteiger partial charge < -0.3 is 9.84 Å². The summed E-state index contributed by atoms with van der Waals surface area (Å²) in [5, 5.41) is 15.9. The number of hydrogen-bond acceptors (Lipinski definition) is 4. The van der Waals surface area contributed by atoms with Crippen molar-refractivity contribution in [3.8, 4) is 22.6 Å². The van der Waals surface area contributed by atoms with Gasteiger partial charge in [0.1, 0.15) is 11.5 Å². The van der Waals surface area contributed by atoms with Crippen LogP contribution in [-0.4, -0.2) is 23.8 Å². The van der Waals surface area contributed by atoms with Gasteiger partial charge in [-0.3, -0.25) is 4.79 Å². The summed E-state index contributed by atoms with van der Waals surface area (Å²) >= 11 is 0. The topological polar surface area (TPSA) is 70.9 Å². The van der Waals surface area contributed by atoms with E-state index in [1.165, 1.54) is 6.21 Å². The monoisotopic (exact) mass is 396 g/mol. The molecule has 5 nitrogen and oxygen atoms in total. The Morgan fingerprint density at radius 2 is 1.57 bits per heavy atom. The highest BCUT2D eigenvalue weighted by atomic mass is 16.5. The van der Waals surface area contributed by atoms with Gasteiger partial charge in [0.2, 0.25) is 0 Å². The Morgan fingerprint density at radius 1 is 0.867 bits per heavy atom. The maximum absolute atomic E-state index is 12.0. The second kappa shape index (κ2) is 8.92. The smallest absolute Gasteiger partial charge is 0.277 e. The molecule has 5 heteroatoms. The van der Waals surface area contributed by atoms with E-state index in [4.69, 9.17) is 4.74 Å². The molecule has 0 fully saturated rings. The maximum atomic E-state index is 12.0. The number of ether oxygens (including phenoxy) is 1. The standard InChI is InChI=1S/C25H20N2O3/c28-24-15-12-20-8-4-5-9-22(20)23(24)16-26-27-25(29)17-30-21-13-10-19(11-14-21)18-6-2-1-3-7-18/h1-16,28H,17H2,(H,27,29)/b26-16-. The fourth-order valence-electron chi connectivity index (χ4n) is 3.14. The lowest BCUT2D eigenvalue weighted by atomic mass is 10.0.